The molecular formula is C10H13N3O4. The number of nitrogens with one attached hydrogen (secondary N) is 2. The molecule has 0 saturated carbocycles. The maximum Gasteiger partial charge on any atom is 0.305 e. The van der Waals surface area contributed by atoms with E-state index in [0.29, 0.717) is 6.42 Å². The Morgan fingerprint density at radius 2 is 2.24 bits per heavy atom. The molecule has 0 aliphatic carbocycles. The molecule has 0 saturated heterocycles. The summed E-state index contributed by atoms with van der Waals surface area (Å²) in [5.41, 5.74) is -0.354. The van der Waals surface area contributed by atoms with Crippen molar-refractivity contribution in [2.75, 3.05) is 0 Å². The van der Waals surface area contributed by atoms with E-state index in [-0.39, 0.29) is 12.1 Å². The zero-order chi connectivity index (χ0) is 12.8. The highest BCUT2D eigenvalue weighted by molar-refractivity contribution is 5.92. The molecule has 7 heteroatoms. The van der Waals surface area contributed by atoms with E-state index in [1.54, 1.807) is 6.92 Å². The van der Waals surface area contributed by atoms with E-state index in [2.05, 4.69) is 15.5 Å². The Labute approximate surface area is 96.9 Å². The van der Waals surface area contributed by atoms with Gasteiger partial charge in [0.05, 0.1) is 6.42 Å². The molecule has 1 rings (SSSR count). The minimum absolute atomic E-state index is 0.0495. The smallest absolute Gasteiger partial charge is 0.305 e. The number of carboxylic acid groups (broad SMARTS) is 1. The summed E-state index contributed by atoms with van der Waals surface area (Å²) in [6.45, 7) is 1.77. The highest BCUT2D eigenvalue weighted by Crippen LogP contribution is 1.99. The molecule has 3 N–H and O–H groups in total. The maximum atomic E-state index is 11.6. The molecule has 17 heavy (non-hydrogen) atoms. The lowest BCUT2D eigenvalue weighted by Gasteiger charge is -2.13. The molecule has 92 valence electrons. The molecule has 0 spiro atoms. The zero-order valence-corrected chi connectivity index (χ0v) is 9.27. The van der Waals surface area contributed by atoms with E-state index in [1.807, 2.05) is 0 Å². The van der Waals surface area contributed by atoms with E-state index in [9.17, 15) is 14.4 Å². The summed E-state index contributed by atoms with van der Waals surface area (Å²) < 4.78 is 0. The largest absolute Gasteiger partial charge is 0.481 e. The second kappa shape index (κ2) is 5.78. The average Bonchev–Trinajstić information content (AvgIpc) is 2.28. The minimum Gasteiger partial charge on any atom is -0.481 e. The van der Waals surface area contributed by atoms with Crippen molar-refractivity contribution in [1.29, 1.82) is 0 Å². The van der Waals surface area contributed by atoms with Gasteiger partial charge in [-0.2, -0.15) is 5.10 Å². The van der Waals surface area contributed by atoms with Gasteiger partial charge in [0.2, 0.25) is 0 Å². The Kier molecular flexibility index (Phi) is 4.38. The van der Waals surface area contributed by atoms with Crippen LogP contribution in [0.2, 0.25) is 0 Å². The number of aromatic nitrogens is 2. The third-order valence-electron chi connectivity index (χ3n) is 2.16. The average molecular weight is 239 g/mol. The Morgan fingerprint density at radius 3 is 2.71 bits per heavy atom. The van der Waals surface area contributed by atoms with Gasteiger partial charge >= 0.3 is 5.97 Å². The van der Waals surface area contributed by atoms with Crippen LogP contribution in [0, 0.1) is 0 Å². The quantitative estimate of drug-likeness (QED) is 0.656. The summed E-state index contributed by atoms with van der Waals surface area (Å²) in [4.78, 5) is 32.9. The van der Waals surface area contributed by atoms with Crippen molar-refractivity contribution in [2.45, 2.75) is 25.8 Å². The summed E-state index contributed by atoms with van der Waals surface area (Å²) in [6, 6.07) is 2.01. The summed E-state index contributed by atoms with van der Waals surface area (Å²) in [6.07, 6.45) is 0.354. The van der Waals surface area contributed by atoms with Gasteiger partial charge in [-0.1, -0.05) is 6.92 Å². The van der Waals surface area contributed by atoms with Crippen LogP contribution in [0.25, 0.3) is 0 Å². The second-order valence-electron chi connectivity index (χ2n) is 3.48. The molecule has 0 aliphatic heterocycles. The Hall–Kier alpha value is -2.18. The first kappa shape index (κ1) is 12.9. The lowest BCUT2D eigenvalue weighted by Crippen LogP contribution is -2.36. The first-order chi connectivity index (χ1) is 8.02. The number of carbonyl (C=O) groups excluding carboxylic acids is 1. The van der Waals surface area contributed by atoms with Gasteiger partial charge in [-0.25, -0.2) is 5.10 Å². The SMILES string of the molecule is CCC(CC(=O)O)NC(=O)c1ccc(=O)[nH]n1. The number of carbonyl (C=O) groups is 2. The second-order valence-corrected chi connectivity index (χ2v) is 3.48. The van der Waals surface area contributed by atoms with E-state index in [4.69, 9.17) is 5.11 Å². The highest BCUT2D eigenvalue weighted by atomic mass is 16.4. The fraction of sp³-hybridized carbons (Fsp3) is 0.400. The van der Waals surface area contributed by atoms with Crippen LogP contribution in [-0.2, 0) is 4.79 Å². The third kappa shape index (κ3) is 4.06. The first-order valence-corrected chi connectivity index (χ1v) is 5.11. The van der Waals surface area contributed by atoms with E-state index < -0.39 is 23.5 Å². The molecule has 0 aliphatic rings. The van der Waals surface area contributed by atoms with Crippen molar-refractivity contribution in [3.63, 3.8) is 0 Å². The number of nitrogens with zero attached hydrogens (tertiary/aromatic N) is 1. The Balaban J connectivity index is 2.67. The predicted octanol–water partition coefficient (Wildman–Crippen LogP) is -0.247. The van der Waals surface area contributed by atoms with Gasteiger partial charge in [0.1, 0.15) is 5.69 Å². The highest BCUT2D eigenvalue weighted by Gasteiger charge is 2.15. The monoisotopic (exact) mass is 239 g/mol. The van der Waals surface area contributed by atoms with Crippen molar-refractivity contribution < 1.29 is 14.7 Å². The van der Waals surface area contributed by atoms with Crippen LogP contribution in [0.4, 0.5) is 0 Å². The van der Waals surface area contributed by atoms with Gasteiger partial charge in [0, 0.05) is 12.1 Å². The zero-order valence-electron chi connectivity index (χ0n) is 9.27. The summed E-state index contributed by atoms with van der Waals surface area (Å²) in [5.74, 6) is -1.49. The predicted molar refractivity (Wildman–Crippen MR) is 58.7 cm³/mol. The third-order valence-corrected chi connectivity index (χ3v) is 2.16. The number of carboxylic acids is 1. The standard InChI is InChI=1S/C10H13N3O4/c1-2-6(5-9(15)16)11-10(17)7-3-4-8(14)13-12-7/h3-4,6H,2,5H2,1H3,(H,11,17)(H,13,14)(H,15,16). The summed E-state index contributed by atoms with van der Waals surface area (Å²) in [5, 5.41) is 16.8. The molecular weight excluding hydrogens is 226 g/mol. The number of rotatable bonds is 5. The first-order valence-electron chi connectivity index (χ1n) is 5.11. The molecule has 1 aromatic rings. The van der Waals surface area contributed by atoms with Crippen molar-refractivity contribution in [2.24, 2.45) is 0 Å². The van der Waals surface area contributed by atoms with E-state index in [1.165, 1.54) is 12.1 Å². The van der Waals surface area contributed by atoms with Crippen molar-refractivity contribution in [3.05, 3.63) is 28.2 Å². The van der Waals surface area contributed by atoms with Crippen LogP contribution in [0.15, 0.2) is 16.9 Å². The molecule has 0 radical (unpaired) electrons. The molecule has 1 unspecified atom stereocenters. The lowest BCUT2D eigenvalue weighted by atomic mass is 10.1. The van der Waals surface area contributed by atoms with Crippen LogP contribution in [0.3, 0.4) is 0 Å². The van der Waals surface area contributed by atoms with E-state index in [0.717, 1.165) is 0 Å². The fourth-order valence-corrected chi connectivity index (χ4v) is 1.24. The van der Waals surface area contributed by atoms with Crippen LogP contribution < -0.4 is 10.9 Å². The number of H-pyrrole nitrogens is 1. The van der Waals surface area contributed by atoms with Crippen LogP contribution in [-0.4, -0.2) is 33.2 Å². The Morgan fingerprint density at radius 1 is 1.53 bits per heavy atom. The maximum absolute atomic E-state index is 11.6. The van der Waals surface area contributed by atoms with Gasteiger partial charge in [0.25, 0.3) is 11.5 Å². The van der Waals surface area contributed by atoms with Crippen LogP contribution in [0.1, 0.15) is 30.3 Å². The molecule has 1 atom stereocenters. The van der Waals surface area contributed by atoms with Crippen molar-refractivity contribution >= 4 is 11.9 Å². The number of hydrogen-bond donors (Lipinski definition) is 3. The molecule has 1 amide bonds. The molecule has 0 fully saturated rings. The summed E-state index contributed by atoms with van der Waals surface area (Å²) >= 11 is 0. The topological polar surface area (TPSA) is 112 Å². The molecule has 0 aromatic carbocycles. The van der Waals surface area contributed by atoms with Crippen molar-refractivity contribution in [3.8, 4) is 0 Å². The lowest BCUT2D eigenvalue weighted by molar-refractivity contribution is -0.137. The van der Waals surface area contributed by atoms with Gasteiger partial charge < -0.3 is 10.4 Å². The summed E-state index contributed by atoms with van der Waals surface area (Å²) in [7, 11) is 0. The molecule has 1 aromatic heterocycles. The molecule has 7 nitrogen and oxygen atoms in total. The van der Waals surface area contributed by atoms with Crippen LogP contribution in [0.5, 0.6) is 0 Å². The number of aliphatic carboxylic acids is 1. The normalized spacial score (nSPS) is 11.8. The van der Waals surface area contributed by atoms with Gasteiger partial charge in [0.15, 0.2) is 0 Å². The van der Waals surface area contributed by atoms with Gasteiger partial charge in [-0.3, -0.25) is 14.4 Å². The van der Waals surface area contributed by atoms with Gasteiger partial charge in [-0.15, -0.1) is 0 Å². The fourth-order valence-electron chi connectivity index (χ4n) is 1.24. The number of amides is 1. The van der Waals surface area contributed by atoms with Crippen molar-refractivity contribution in [1.82, 2.24) is 15.5 Å². The minimum atomic E-state index is -0.980. The van der Waals surface area contributed by atoms with Crippen LogP contribution >= 0.6 is 0 Å². The Bertz CT molecular complexity index is 448. The molecule has 0 bridgehead atoms. The van der Waals surface area contributed by atoms with Gasteiger partial charge in [-0.05, 0) is 12.5 Å². The van der Waals surface area contributed by atoms with E-state index >= 15 is 0 Å². The molecule has 1 heterocycles. The number of hydrogen-bond acceptors (Lipinski definition) is 4. The number of aromatic amines is 1.